The van der Waals surface area contributed by atoms with E-state index in [-0.39, 0.29) is 0 Å². The van der Waals surface area contributed by atoms with Gasteiger partial charge in [0.05, 0.1) is 18.3 Å². The lowest BCUT2D eigenvalue weighted by molar-refractivity contribution is 0.379. The molecule has 1 aromatic rings. The number of nitrogens with zero attached hydrogens (tertiary/aromatic N) is 1. The van der Waals surface area contributed by atoms with Gasteiger partial charge < -0.3 is 4.74 Å². The Labute approximate surface area is 68.0 Å². The highest BCUT2D eigenvalue weighted by atomic mass is 35.5. The summed E-state index contributed by atoms with van der Waals surface area (Å²) >= 11 is 10.4. The van der Waals surface area contributed by atoms with E-state index in [1.54, 1.807) is 0 Å². The molecule has 3 nitrogen and oxygen atoms in total. The summed E-state index contributed by atoms with van der Waals surface area (Å²) in [6.45, 7) is 0. The highest BCUT2D eigenvalue weighted by Crippen LogP contribution is 2.09. The molecular weight excluding hydrogens is 172 g/mol. The van der Waals surface area contributed by atoms with Gasteiger partial charge in [0.15, 0.2) is 0 Å². The van der Waals surface area contributed by atoms with E-state index in [0.29, 0.717) is 15.7 Å². The van der Waals surface area contributed by atoms with E-state index in [1.165, 1.54) is 13.3 Å². The molecule has 0 bridgehead atoms. The van der Waals surface area contributed by atoms with Gasteiger partial charge in [-0.1, -0.05) is 23.8 Å². The van der Waals surface area contributed by atoms with Gasteiger partial charge in [-0.3, -0.25) is 4.98 Å². The molecule has 0 saturated carbocycles. The van der Waals surface area contributed by atoms with Crippen LogP contribution in [0.15, 0.2) is 6.20 Å². The van der Waals surface area contributed by atoms with Crippen molar-refractivity contribution in [2.45, 2.75) is 0 Å². The zero-order valence-corrected chi connectivity index (χ0v) is 6.79. The second-order valence-electron chi connectivity index (χ2n) is 1.57. The molecule has 1 N–H and O–H groups in total. The van der Waals surface area contributed by atoms with Crippen molar-refractivity contribution < 1.29 is 4.74 Å². The van der Waals surface area contributed by atoms with Crippen LogP contribution in [0.25, 0.3) is 0 Å². The van der Waals surface area contributed by atoms with Crippen LogP contribution in [0, 0.1) is 4.64 Å². The molecule has 1 rings (SSSR count). The summed E-state index contributed by atoms with van der Waals surface area (Å²) in [6.07, 6.45) is 1.44. The number of halogens is 1. The van der Waals surface area contributed by atoms with Gasteiger partial charge >= 0.3 is 0 Å². The molecule has 0 spiro atoms. The van der Waals surface area contributed by atoms with Crippen molar-refractivity contribution in [3.8, 4) is 6.01 Å². The van der Waals surface area contributed by atoms with Crippen LogP contribution in [0.2, 0.25) is 5.02 Å². The minimum absolute atomic E-state index is 0.370. The maximum absolute atomic E-state index is 5.58. The molecular formula is C5H5ClN2OS. The van der Waals surface area contributed by atoms with Gasteiger partial charge in [0.2, 0.25) is 0 Å². The summed E-state index contributed by atoms with van der Waals surface area (Å²) in [4.78, 5) is 6.46. The molecule has 0 aliphatic carbocycles. The smallest absolute Gasteiger partial charge is 0.294 e. The number of rotatable bonds is 1. The molecule has 5 heteroatoms. The van der Waals surface area contributed by atoms with Gasteiger partial charge in [-0.15, -0.1) is 0 Å². The zero-order valence-electron chi connectivity index (χ0n) is 5.22. The van der Waals surface area contributed by atoms with Crippen LogP contribution in [0.5, 0.6) is 6.01 Å². The van der Waals surface area contributed by atoms with Crippen molar-refractivity contribution in [3.05, 3.63) is 15.9 Å². The summed E-state index contributed by atoms with van der Waals surface area (Å²) in [6, 6.07) is 0.370. The Morgan fingerprint density at radius 2 is 2.50 bits per heavy atom. The lowest BCUT2D eigenvalue weighted by Crippen LogP contribution is -1.90. The lowest BCUT2D eigenvalue weighted by Gasteiger charge is -1.96. The first kappa shape index (κ1) is 7.50. The molecule has 0 aliphatic rings. The van der Waals surface area contributed by atoms with Gasteiger partial charge in [0, 0.05) is 0 Å². The topological polar surface area (TPSA) is 37.9 Å². The molecule has 0 aromatic carbocycles. The zero-order chi connectivity index (χ0) is 7.56. The maximum Gasteiger partial charge on any atom is 0.294 e. The standard InChI is InChI=1S/C5H5ClN2OS/c1-9-5-7-2-3(6)4(10)8-5/h2H,1H3,(H,7,8,10). The summed E-state index contributed by atoms with van der Waals surface area (Å²) in [7, 11) is 1.50. The SMILES string of the molecule is COc1ncc(Cl)c(=S)[nH]1. The molecule has 1 heterocycles. The fraction of sp³-hybridized carbons (Fsp3) is 0.200. The number of nitrogens with one attached hydrogen (secondary N) is 1. The van der Waals surface area contributed by atoms with E-state index in [9.17, 15) is 0 Å². The fourth-order valence-electron chi connectivity index (χ4n) is 0.467. The number of hydrogen-bond donors (Lipinski definition) is 1. The van der Waals surface area contributed by atoms with Gasteiger partial charge in [-0.25, -0.2) is 4.98 Å². The maximum atomic E-state index is 5.58. The van der Waals surface area contributed by atoms with Gasteiger partial charge in [0.1, 0.15) is 4.64 Å². The molecule has 1 aromatic heterocycles. The predicted octanol–water partition coefficient (Wildman–Crippen LogP) is 1.80. The Bertz CT molecular complexity index is 285. The highest BCUT2D eigenvalue weighted by molar-refractivity contribution is 7.71. The molecule has 0 unspecified atom stereocenters. The van der Waals surface area contributed by atoms with Crippen LogP contribution >= 0.6 is 23.8 Å². The van der Waals surface area contributed by atoms with Crippen molar-refractivity contribution >= 4 is 23.8 Å². The van der Waals surface area contributed by atoms with E-state index < -0.39 is 0 Å². The number of aromatic amines is 1. The van der Waals surface area contributed by atoms with Crippen LogP contribution in [0.3, 0.4) is 0 Å². The average molecular weight is 177 g/mol. The second-order valence-corrected chi connectivity index (χ2v) is 2.38. The summed E-state index contributed by atoms with van der Waals surface area (Å²) < 4.78 is 5.20. The third kappa shape index (κ3) is 1.46. The van der Waals surface area contributed by atoms with Crippen LogP contribution < -0.4 is 4.74 Å². The average Bonchev–Trinajstić information content (AvgIpc) is 1.95. The largest absolute Gasteiger partial charge is 0.468 e. The van der Waals surface area contributed by atoms with Crippen LogP contribution in [-0.2, 0) is 0 Å². The third-order valence-corrected chi connectivity index (χ3v) is 1.65. The Kier molecular flexibility index (Phi) is 2.24. The minimum atomic E-state index is 0.370. The lowest BCUT2D eigenvalue weighted by atomic mass is 10.7. The van der Waals surface area contributed by atoms with E-state index in [4.69, 9.17) is 28.6 Å². The minimum Gasteiger partial charge on any atom is -0.468 e. The van der Waals surface area contributed by atoms with E-state index >= 15 is 0 Å². The second kappa shape index (κ2) is 2.98. The van der Waals surface area contributed by atoms with Gasteiger partial charge in [-0.05, 0) is 0 Å². The highest BCUT2D eigenvalue weighted by Gasteiger charge is 1.93. The van der Waals surface area contributed by atoms with Crippen molar-refractivity contribution in [1.29, 1.82) is 0 Å². The van der Waals surface area contributed by atoms with Crippen LogP contribution in [-0.4, -0.2) is 17.1 Å². The summed E-state index contributed by atoms with van der Waals surface area (Å²) in [5, 5.41) is 0.427. The van der Waals surface area contributed by atoms with E-state index in [1.807, 2.05) is 0 Å². The molecule has 10 heavy (non-hydrogen) atoms. The first-order valence-corrected chi connectivity index (χ1v) is 3.31. The molecule has 54 valence electrons. The first-order chi connectivity index (χ1) is 4.74. The Morgan fingerprint density at radius 3 is 3.00 bits per heavy atom. The van der Waals surface area contributed by atoms with Crippen molar-refractivity contribution in [2.75, 3.05) is 7.11 Å². The van der Waals surface area contributed by atoms with Crippen LogP contribution in [0.1, 0.15) is 0 Å². The molecule has 0 fully saturated rings. The quantitative estimate of drug-likeness (QED) is 0.664. The number of hydrogen-bond acceptors (Lipinski definition) is 3. The monoisotopic (exact) mass is 176 g/mol. The third-order valence-electron chi connectivity index (χ3n) is 0.926. The predicted molar refractivity (Wildman–Crippen MR) is 41.0 cm³/mol. The number of methoxy groups -OCH3 is 1. The van der Waals surface area contributed by atoms with E-state index in [0.717, 1.165) is 0 Å². The Morgan fingerprint density at radius 1 is 1.80 bits per heavy atom. The molecule has 0 aliphatic heterocycles. The van der Waals surface area contributed by atoms with Crippen LogP contribution in [0.4, 0.5) is 0 Å². The van der Waals surface area contributed by atoms with Gasteiger partial charge in [0.25, 0.3) is 6.01 Å². The Balaban J connectivity index is 3.17. The molecule has 0 saturated heterocycles. The van der Waals surface area contributed by atoms with Crippen molar-refractivity contribution in [3.63, 3.8) is 0 Å². The number of ether oxygens (including phenoxy) is 1. The Hall–Kier alpha value is -0.610. The van der Waals surface area contributed by atoms with E-state index in [2.05, 4.69) is 9.97 Å². The molecule has 0 radical (unpaired) electrons. The fourth-order valence-corrected chi connectivity index (χ4v) is 0.703. The summed E-state index contributed by atoms with van der Waals surface area (Å²) in [5.41, 5.74) is 0. The van der Waals surface area contributed by atoms with Gasteiger partial charge in [-0.2, -0.15) is 0 Å². The number of H-pyrrole nitrogens is 1. The normalized spacial score (nSPS) is 9.40. The van der Waals surface area contributed by atoms with Crippen molar-refractivity contribution in [2.24, 2.45) is 0 Å². The molecule has 0 amide bonds. The summed E-state index contributed by atoms with van der Waals surface area (Å²) in [5.74, 6) is 0. The number of aromatic nitrogens is 2. The van der Waals surface area contributed by atoms with Crippen molar-refractivity contribution in [1.82, 2.24) is 9.97 Å². The molecule has 0 atom stereocenters. The first-order valence-electron chi connectivity index (χ1n) is 2.53.